The van der Waals surface area contributed by atoms with Crippen molar-refractivity contribution in [3.63, 3.8) is 0 Å². The van der Waals surface area contributed by atoms with E-state index in [0.717, 1.165) is 21.7 Å². The molecule has 0 aliphatic carbocycles. The van der Waals surface area contributed by atoms with Crippen LogP contribution in [0.25, 0.3) is 10.4 Å². The van der Waals surface area contributed by atoms with E-state index in [4.69, 9.17) is 10.00 Å². The summed E-state index contributed by atoms with van der Waals surface area (Å²) in [7, 11) is 0. The van der Waals surface area contributed by atoms with Gasteiger partial charge in [0.25, 0.3) is 0 Å². The zero-order chi connectivity index (χ0) is 19.5. The van der Waals surface area contributed by atoms with Crippen molar-refractivity contribution in [2.24, 2.45) is 5.92 Å². The van der Waals surface area contributed by atoms with Gasteiger partial charge in [0.1, 0.15) is 6.04 Å². The van der Waals surface area contributed by atoms with Gasteiger partial charge in [0.05, 0.1) is 37.0 Å². The Balaban J connectivity index is 1.36. The molecule has 0 saturated carbocycles. The normalized spacial score (nSPS) is 24.1. The number of nitrogens with one attached hydrogen (secondary N) is 2. The summed E-state index contributed by atoms with van der Waals surface area (Å²) in [5.74, 6) is 0.286. The molecule has 6 nitrogen and oxygen atoms in total. The lowest BCUT2D eigenvalue weighted by Gasteiger charge is -2.16. The van der Waals surface area contributed by atoms with Gasteiger partial charge in [-0.3, -0.25) is 4.79 Å². The lowest BCUT2D eigenvalue weighted by molar-refractivity contribution is -0.123. The third-order valence-electron chi connectivity index (χ3n) is 5.31. The first-order valence-corrected chi connectivity index (χ1v) is 10.1. The number of nitrogens with zero attached hydrogens (tertiary/aromatic N) is 2. The second kappa shape index (κ2) is 8.12. The van der Waals surface area contributed by atoms with Crippen LogP contribution in [0.2, 0.25) is 0 Å². The lowest BCUT2D eigenvalue weighted by Crippen LogP contribution is -2.47. The van der Waals surface area contributed by atoms with Gasteiger partial charge in [-0.15, -0.1) is 11.3 Å². The SMILES string of the molecule is N#Cc1ccc(-c2ccc(CC(C#N)NC(=O)C3CC4COCC4N3)s2)cc1. The van der Waals surface area contributed by atoms with Crippen LogP contribution in [-0.4, -0.2) is 37.2 Å². The van der Waals surface area contributed by atoms with E-state index < -0.39 is 6.04 Å². The highest BCUT2D eigenvalue weighted by Gasteiger charge is 2.40. The van der Waals surface area contributed by atoms with E-state index in [1.165, 1.54) is 0 Å². The Morgan fingerprint density at radius 3 is 2.79 bits per heavy atom. The summed E-state index contributed by atoms with van der Waals surface area (Å²) in [6.07, 6.45) is 1.24. The van der Waals surface area contributed by atoms with Crippen molar-refractivity contribution in [3.05, 3.63) is 46.8 Å². The maximum atomic E-state index is 12.5. The first-order chi connectivity index (χ1) is 13.7. The smallest absolute Gasteiger partial charge is 0.238 e. The summed E-state index contributed by atoms with van der Waals surface area (Å²) in [5, 5.41) is 24.6. The van der Waals surface area contributed by atoms with Crippen LogP contribution in [0, 0.1) is 28.6 Å². The number of hydrogen-bond acceptors (Lipinski definition) is 6. The maximum absolute atomic E-state index is 12.5. The van der Waals surface area contributed by atoms with Gasteiger partial charge in [-0.2, -0.15) is 10.5 Å². The third-order valence-corrected chi connectivity index (χ3v) is 6.46. The number of ether oxygens (including phenoxy) is 1. The minimum atomic E-state index is -0.557. The molecule has 142 valence electrons. The second-order valence-corrected chi connectivity index (χ2v) is 8.38. The van der Waals surface area contributed by atoms with Crippen molar-refractivity contribution < 1.29 is 9.53 Å². The Morgan fingerprint density at radius 2 is 2.07 bits per heavy atom. The highest BCUT2D eigenvalue weighted by molar-refractivity contribution is 7.15. The molecule has 4 rings (SSSR count). The standard InChI is InChI=1S/C21H20N4O2S/c22-9-13-1-3-14(4-2-13)20-6-5-17(28-20)8-16(10-23)24-21(26)18-7-15-11-27-12-19(15)25-18/h1-6,15-16,18-19,25H,7-8,11-12H2,(H,24,26). The first kappa shape index (κ1) is 18.6. The minimum absolute atomic E-state index is 0.107. The number of rotatable bonds is 5. The molecule has 2 saturated heterocycles. The van der Waals surface area contributed by atoms with Crippen LogP contribution in [0.5, 0.6) is 0 Å². The Labute approximate surface area is 167 Å². The lowest BCUT2D eigenvalue weighted by atomic mass is 10.0. The largest absolute Gasteiger partial charge is 0.379 e. The highest BCUT2D eigenvalue weighted by Crippen LogP contribution is 2.29. The van der Waals surface area contributed by atoms with Gasteiger partial charge in [0.15, 0.2) is 0 Å². The zero-order valence-corrected chi connectivity index (χ0v) is 16.0. The van der Waals surface area contributed by atoms with E-state index in [0.29, 0.717) is 31.1 Å². The number of thiophene rings is 1. The van der Waals surface area contributed by atoms with E-state index in [2.05, 4.69) is 22.8 Å². The number of carbonyl (C=O) groups excluding carboxylic acids is 1. The van der Waals surface area contributed by atoms with Crippen molar-refractivity contribution in [2.75, 3.05) is 13.2 Å². The second-order valence-electron chi connectivity index (χ2n) is 7.21. The number of benzene rings is 1. The topological polar surface area (TPSA) is 97.9 Å². The van der Waals surface area contributed by atoms with Gasteiger partial charge in [-0.1, -0.05) is 12.1 Å². The minimum Gasteiger partial charge on any atom is -0.379 e. The molecule has 28 heavy (non-hydrogen) atoms. The quantitative estimate of drug-likeness (QED) is 0.813. The van der Waals surface area contributed by atoms with Crippen LogP contribution >= 0.6 is 11.3 Å². The van der Waals surface area contributed by atoms with Gasteiger partial charge in [0, 0.05) is 28.1 Å². The fraction of sp³-hybridized carbons (Fsp3) is 0.381. The summed E-state index contributed by atoms with van der Waals surface area (Å²) in [5.41, 5.74) is 1.67. The van der Waals surface area contributed by atoms with Crippen LogP contribution in [0.15, 0.2) is 36.4 Å². The number of carbonyl (C=O) groups is 1. The zero-order valence-electron chi connectivity index (χ0n) is 15.2. The summed E-state index contributed by atoms with van der Waals surface area (Å²) < 4.78 is 5.41. The molecular formula is C21H20N4O2S. The van der Waals surface area contributed by atoms with Crippen LogP contribution in [-0.2, 0) is 16.0 Å². The maximum Gasteiger partial charge on any atom is 0.238 e. The molecule has 0 spiro atoms. The molecule has 4 atom stereocenters. The van der Waals surface area contributed by atoms with Crippen LogP contribution < -0.4 is 10.6 Å². The first-order valence-electron chi connectivity index (χ1n) is 9.29. The van der Waals surface area contributed by atoms with E-state index >= 15 is 0 Å². The molecule has 1 aromatic heterocycles. The predicted molar refractivity (Wildman–Crippen MR) is 105 cm³/mol. The number of hydrogen-bond donors (Lipinski definition) is 2. The van der Waals surface area contributed by atoms with Crippen molar-refractivity contribution in [1.29, 1.82) is 10.5 Å². The van der Waals surface area contributed by atoms with Gasteiger partial charge < -0.3 is 15.4 Å². The molecular weight excluding hydrogens is 372 g/mol. The monoisotopic (exact) mass is 392 g/mol. The molecule has 2 aliphatic rings. The van der Waals surface area contributed by atoms with Gasteiger partial charge in [0.2, 0.25) is 5.91 Å². The molecule has 2 aliphatic heterocycles. The van der Waals surface area contributed by atoms with E-state index in [1.54, 1.807) is 23.5 Å². The molecule has 1 amide bonds. The van der Waals surface area contributed by atoms with Gasteiger partial charge in [-0.25, -0.2) is 0 Å². The van der Waals surface area contributed by atoms with Crippen molar-refractivity contribution in [1.82, 2.24) is 10.6 Å². The van der Waals surface area contributed by atoms with Crippen molar-refractivity contribution >= 4 is 17.2 Å². The Bertz CT molecular complexity index is 929. The van der Waals surface area contributed by atoms with Crippen molar-refractivity contribution in [3.8, 4) is 22.6 Å². The number of fused-ring (bicyclic) bond motifs is 1. The van der Waals surface area contributed by atoms with Crippen molar-refractivity contribution in [2.45, 2.75) is 31.0 Å². The highest BCUT2D eigenvalue weighted by atomic mass is 32.1. The van der Waals surface area contributed by atoms with E-state index in [-0.39, 0.29) is 18.0 Å². The molecule has 0 radical (unpaired) electrons. The molecule has 0 bridgehead atoms. The van der Waals surface area contributed by atoms with E-state index in [9.17, 15) is 10.1 Å². The fourth-order valence-corrected chi connectivity index (χ4v) is 4.84. The van der Waals surface area contributed by atoms with Gasteiger partial charge >= 0.3 is 0 Å². The van der Waals surface area contributed by atoms with Crippen LogP contribution in [0.4, 0.5) is 0 Å². The average Bonchev–Trinajstić information content (AvgIpc) is 3.43. The molecule has 1 aromatic carbocycles. The summed E-state index contributed by atoms with van der Waals surface area (Å²) in [6, 6.07) is 15.2. The van der Waals surface area contributed by atoms with E-state index in [1.807, 2.05) is 24.3 Å². The molecule has 2 aromatic rings. The molecule has 4 unspecified atom stereocenters. The molecule has 2 fully saturated rings. The van der Waals surface area contributed by atoms with Crippen LogP contribution in [0.3, 0.4) is 0 Å². The Morgan fingerprint density at radius 1 is 1.25 bits per heavy atom. The molecule has 7 heteroatoms. The van der Waals surface area contributed by atoms with Gasteiger partial charge in [-0.05, 0) is 36.2 Å². The fourth-order valence-electron chi connectivity index (χ4n) is 3.78. The number of amides is 1. The third kappa shape index (κ3) is 3.93. The average molecular weight is 392 g/mol. The summed E-state index contributed by atoms with van der Waals surface area (Å²) >= 11 is 1.60. The summed E-state index contributed by atoms with van der Waals surface area (Å²) in [4.78, 5) is 14.6. The summed E-state index contributed by atoms with van der Waals surface area (Å²) in [6.45, 7) is 1.36. The predicted octanol–water partition coefficient (Wildman–Crippen LogP) is 2.21. The Kier molecular flexibility index (Phi) is 5.40. The Hall–Kier alpha value is -2.71. The number of nitriles is 2. The van der Waals surface area contributed by atoms with Crippen LogP contribution in [0.1, 0.15) is 16.9 Å². The molecule has 3 heterocycles. The molecule has 2 N–H and O–H groups in total.